The van der Waals surface area contributed by atoms with Crippen LogP contribution in [0.1, 0.15) is 5.56 Å². The first-order chi connectivity index (χ1) is 9.46. The van der Waals surface area contributed by atoms with Gasteiger partial charge in [0.2, 0.25) is 10.0 Å². The second kappa shape index (κ2) is 5.63. The average Bonchev–Trinajstić information content (AvgIpc) is 2.40. The monoisotopic (exact) mass is 287 g/mol. The summed E-state index contributed by atoms with van der Waals surface area (Å²) in [5.41, 5.74) is 2.68. The number of anilines is 3. The third-order valence-corrected chi connectivity index (χ3v) is 3.07. The highest BCUT2D eigenvalue weighted by Gasteiger charge is 2.02. The Bertz CT molecular complexity index is 747. The minimum atomic E-state index is -3.26. The Labute approximate surface area is 117 Å². The lowest BCUT2D eigenvalue weighted by Gasteiger charge is -2.08. The number of nitrogens with zero attached hydrogens (tertiary/aromatic N) is 1. The number of nitriles is 1. The van der Waals surface area contributed by atoms with E-state index in [4.69, 9.17) is 5.26 Å². The molecule has 2 aromatic carbocycles. The van der Waals surface area contributed by atoms with E-state index in [1.54, 1.807) is 42.5 Å². The van der Waals surface area contributed by atoms with Crippen LogP contribution < -0.4 is 10.0 Å². The van der Waals surface area contributed by atoms with Crippen molar-refractivity contribution in [3.05, 3.63) is 54.1 Å². The molecular weight excluding hydrogens is 274 g/mol. The Balaban J connectivity index is 2.13. The standard InChI is InChI=1S/C14H13N3O2S/c1-20(18,19)17-13-7-5-12(6-8-13)16-14-4-2-3-11(9-14)10-15/h2-9,16-17H,1H3. The summed E-state index contributed by atoms with van der Waals surface area (Å²) in [5, 5.41) is 12.0. The molecule has 0 bridgehead atoms. The van der Waals surface area contributed by atoms with Crippen LogP contribution in [0.15, 0.2) is 48.5 Å². The van der Waals surface area contributed by atoms with Crippen molar-refractivity contribution in [2.45, 2.75) is 0 Å². The summed E-state index contributed by atoms with van der Waals surface area (Å²) in [4.78, 5) is 0. The number of benzene rings is 2. The van der Waals surface area contributed by atoms with Gasteiger partial charge < -0.3 is 5.32 Å². The summed E-state index contributed by atoms with van der Waals surface area (Å²) in [5.74, 6) is 0. The number of rotatable bonds is 4. The van der Waals surface area contributed by atoms with Crippen molar-refractivity contribution < 1.29 is 8.42 Å². The quantitative estimate of drug-likeness (QED) is 0.905. The van der Waals surface area contributed by atoms with Crippen LogP contribution in [0.3, 0.4) is 0 Å². The molecule has 0 aliphatic rings. The number of hydrogen-bond acceptors (Lipinski definition) is 4. The van der Waals surface area contributed by atoms with Crippen molar-refractivity contribution in [2.75, 3.05) is 16.3 Å². The van der Waals surface area contributed by atoms with E-state index in [0.29, 0.717) is 11.3 Å². The van der Waals surface area contributed by atoms with Gasteiger partial charge in [-0.15, -0.1) is 0 Å². The van der Waals surface area contributed by atoms with Gasteiger partial charge in [-0.2, -0.15) is 5.26 Å². The van der Waals surface area contributed by atoms with E-state index in [1.165, 1.54) is 0 Å². The van der Waals surface area contributed by atoms with Crippen molar-refractivity contribution in [3.63, 3.8) is 0 Å². The lowest BCUT2D eigenvalue weighted by atomic mass is 10.2. The molecule has 0 heterocycles. The summed E-state index contributed by atoms with van der Waals surface area (Å²) in [7, 11) is -3.26. The van der Waals surface area contributed by atoms with Gasteiger partial charge in [0.1, 0.15) is 0 Å². The third kappa shape index (κ3) is 4.00. The molecule has 6 heteroatoms. The SMILES string of the molecule is CS(=O)(=O)Nc1ccc(Nc2cccc(C#N)c2)cc1. The van der Waals surface area contributed by atoms with E-state index in [0.717, 1.165) is 17.6 Å². The van der Waals surface area contributed by atoms with Crippen LogP contribution in [0, 0.1) is 11.3 Å². The molecule has 0 atom stereocenters. The van der Waals surface area contributed by atoms with Crippen molar-refractivity contribution in [1.29, 1.82) is 5.26 Å². The van der Waals surface area contributed by atoms with Crippen LogP contribution >= 0.6 is 0 Å². The average molecular weight is 287 g/mol. The van der Waals surface area contributed by atoms with E-state index >= 15 is 0 Å². The third-order valence-electron chi connectivity index (χ3n) is 2.47. The predicted octanol–water partition coefficient (Wildman–Crippen LogP) is 2.67. The minimum absolute atomic E-state index is 0.504. The molecule has 0 saturated heterocycles. The first-order valence-electron chi connectivity index (χ1n) is 5.81. The van der Waals surface area contributed by atoms with Crippen LogP contribution in [0.4, 0.5) is 17.1 Å². The highest BCUT2D eigenvalue weighted by molar-refractivity contribution is 7.92. The van der Waals surface area contributed by atoms with Gasteiger partial charge in [0.15, 0.2) is 0 Å². The van der Waals surface area contributed by atoms with E-state index in [-0.39, 0.29) is 0 Å². The Hall–Kier alpha value is -2.52. The summed E-state index contributed by atoms with van der Waals surface area (Å²) < 4.78 is 24.6. The van der Waals surface area contributed by atoms with Crippen LogP contribution in [-0.4, -0.2) is 14.7 Å². The molecule has 0 spiro atoms. The second-order valence-electron chi connectivity index (χ2n) is 4.27. The molecule has 5 nitrogen and oxygen atoms in total. The molecule has 2 N–H and O–H groups in total. The van der Waals surface area contributed by atoms with Crippen molar-refractivity contribution in [3.8, 4) is 6.07 Å². The molecule has 0 saturated carbocycles. The van der Waals surface area contributed by atoms with Crippen molar-refractivity contribution in [2.24, 2.45) is 0 Å². The van der Waals surface area contributed by atoms with Crippen LogP contribution in [0.2, 0.25) is 0 Å². The Morgan fingerprint density at radius 3 is 2.25 bits per heavy atom. The molecule has 0 aliphatic carbocycles. The second-order valence-corrected chi connectivity index (χ2v) is 6.02. The fourth-order valence-electron chi connectivity index (χ4n) is 1.67. The zero-order valence-electron chi connectivity index (χ0n) is 10.8. The molecule has 0 aliphatic heterocycles. The number of nitrogens with one attached hydrogen (secondary N) is 2. The van der Waals surface area contributed by atoms with E-state index in [9.17, 15) is 8.42 Å². The summed E-state index contributed by atoms with van der Waals surface area (Å²) in [6.07, 6.45) is 1.10. The molecule has 2 rings (SSSR count). The summed E-state index contributed by atoms with van der Waals surface area (Å²) >= 11 is 0. The van der Waals surface area contributed by atoms with Crippen molar-refractivity contribution in [1.82, 2.24) is 0 Å². The molecular formula is C14H13N3O2S. The smallest absolute Gasteiger partial charge is 0.229 e. The van der Waals surface area contributed by atoms with E-state index in [1.807, 2.05) is 6.07 Å². The lowest BCUT2D eigenvalue weighted by molar-refractivity contribution is 0.607. The fraction of sp³-hybridized carbons (Fsp3) is 0.0714. The molecule has 0 fully saturated rings. The van der Waals surface area contributed by atoms with Gasteiger partial charge in [-0.3, -0.25) is 4.72 Å². The van der Waals surface area contributed by atoms with Gasteiger partial charge >= 0.3 is 0 Å². The van der Waals surface area contributed by atoms with Gasteiger partial charge in [-0.1, -0.05) is 6.07 Å². The highest BCUT2D eigenvalue weighted by atomic mass is 32.2. The number of sulfonamides is 1. The normalized spacial score (nSPS) is 10.6. The maximum atomic E-state index is 11.1. The Morgan fingerprint density at radius 1 is 1.00 bits per heavy atom. The summed E-state index contributed by atoms with van der Waals surface area (Å²) in [6, 6.07) is 16.0. The Kier molecular flexibility index (Phi) is 3.91. The molecule has 0 radical (unpaired) electrons. The van der Waals surface area contributed by atoms with Crippen LogP contribution in [0.25, 0.3) is 0 Å². The zero-order valence-corrected chi connectivity index (χ0v) is 11.6. The van der Waals surface area contributed by atoms with E-state index in [2.05, 4.69) is 16.1 Å². The molecule has 20 heavy (non-hydrogen) atoms. The van der Waals surface area contributed by atoms with Gasteiger partial charge in [0.05, 0.1) is 17.9 Å². The molecule has 0 amide bonds. The fourth-order valence-corrected chi connectivity index (χ4v) is 2.23. The molecule has 2 aromatic rings. The van der Waals surface area contributed by atoms with Crippen molar-refractivity contribution >= 4 is 27.1 Å². The molecule has 102 valence electrons. The maximum absolute atomic E-state index is 11.1. The largest absolute Gasteiger partial charge is 0.355 e. The first-order valence-corrected chi connectivity index (χ1v) is 7.70. The predicted molar refractivity (Wildman–Crippen MR) is 79.3 cm³/mol. The topological polar surface area (TPSA) is 82.0 Å². The van der Waals surface area contributed by atoms with Gasteiger partial charge in [0.25, 0.3) is 0 Å². The van der Waals surface area contributed by atoms with Gasteiger partial charge in [-0.25, -0.2) is 8.42 Å². The van der Waals surface area contributed by atoms with Gasteiger partial charge in [-0.05, 0) is 42.5 Å². The van der Waals surface area contributed by atoms with E-state index < -0.39 is 10.0 Å². The Morgan fingerprint density at radius 2 is 1.65 bits per heavy atom. The lowest BCUT2D eigenvalue weighted by Crippen LogP contribution is -2.09. The van der Waals surface area contributed by atoms with Crippen LogP contribution in [0.5, 0.6) is 0 Å². The van der Waals surface area contributed by atoms with Gasteiger partial charge in [0, 0.05) is 17.1 Å². The zero-order chi connectivity index (χ0) is 14.6. The van der Waals surface area contributed by atoms with Crippen LogP contribution in [-0.2, 0) is 10.0 Å². The number of hydrogen-bond donors (Lipinski definition) is 2. The molecule has 0 unspecified atom stereocenters. The molecule has 0 aromatic heterocycles. The minimum Gasteiger partial charge on any atom is -0.355 e. The maximum Gasteiger partial charge on any atom is 0.229 e. The highest BCUT2D eigenvalue weighted by Crippen LogP contribution is 2.20. The first kappa shape index (κ1) is 13.9. The summed E-state index contributed by atoms with van der Waals surface area (Å²) in [6.45, 7) is 0.